The van der Waals surface area contributed by atoms with Crippen molar-refractivity contribution in [3.05, 3.63) is 156 Å². The molecule has 0 aliphatic carbocycles. The van der Waals surface area contributed by atoms with E-state index in [9.17, 15) is 0 Å². The van der Waals surface area contributed by atoms with Gasteiger partial charge in [-0.1, -0.05) is 77.1 Å². The number of nitrogens with zero attached hydrogens (tertiary/aromatic N) is 6. The molecular weight excluding hydrogens is 665 g/mol. The van der Waals surface area contributed by atoms with E-state index in [0.29, 0.717) is 6.67 Å². The number of imidazole rings is 1. The molecule has 5 heterocycles. The first-order chi connectivity index (χ1) is 26.0. The zero-order valence-corrected chi connectivity index (χ0v) is 31.9. The van der Waals surface area contributed by atoms with Gasteiger partial charge in [-0.3, -0.25) is 9.55 Å². The Kier molecular flexibility index (Phi) is 7.75. The molecule has 1 aliphatic rings. The molecule has 0 fully saturated rings. The van der Waals surface area contributed by atoms with Crippen LogP contribution in [0.1, 0.15) is 62.7 Å². The number of benzene rings is 4. The van der Waals surface area contributed by atoms with Gasteiger partial charge < -0.3 is 14.2 Å². The molecule has 7 nitrogen and oxygen atoms in total. The van der Waals surface area contributed by atoms with Crippen molar-refractivity contribution in [1.82, 2.24) is 24.1 Å². The molecule has 0 radical (unpaired) electrons. The fourth-order valence-corrected chi connectivity index (χ4v) is 7.84. The van der Waals surface area contributed by atoms with Gasteiger partial charge in [0.2, 0.25) is 0 Å². The molecule has 268 valence electrons. The van der Waals surface area contributed by atoms with Crippen LogP contribution in [0.25, 0.3) is 39.0 Å². The molecule has 9 rings (SSSR count). The Morgan fingerprint density at radius 2 is 1.44 bits per heavy atom. The summed E-state index contributed by atoms with van der Waals surface area (Å²) in [6.07, 6.45) is 5.70. The van der Waals surface area contributed by atoms with Crippen molar-refractivity contribution >= 4 is 33.2 Å². The van der Waals surface area contributed by atoms with Crippen LogP contribution >= 0.6 is 0 Å². The second-order valence-electron chi connectivity index (χ2n) is 16.0. The smallest absolute Gasteiger partial charge is 0.144 e. The number of anilines is 2. The summed E-state index contributed by atoms with van der Waals surface area (Å²) < 4.78 is 11.4. The van der Waals surface area contributed by atoms with Gasteiger partial charge in [0.05, 0.1) is 28.6 Å². The van der Waals surface area contributed by atoms with Gasteiger partial charge in [-0.15, -0.1) is 0 Å². The minimum absolute atomic E-state index is 0.107. The molecule has 0 atom stereocenters. The van der Waals surface area contributed by atoms with Crippen molar-refractivity contribution in [2.45, 2.75) is 66.0 Å². The first-order valence-electron chi connectivity index (χ1n) is 18.6. The van der Waals surface area contributed by atoms with Gasteiger partial charge in [-0.05, 0) is 90.6 Å². The van der Waals surface area contributed by atoms with Crippen LogP contribution in [0, 0.1) is 13.8 Å². The molecule has 0 unspecified atom stereocenters. The number of fused-ring (bicyclic) bond motifs is 6. The maximum atomic E-state index is 6.87. The topological polar surface area (TPSA) is 61.0 Å². The van der Waals surface area contributed by atoms with Gasteiger partial charge in [0.1, 0.15) is 29.8 Å². The number of para-hydroxylation sites is 1. The number of ether oxygens (including phenoxy) is 1. The monoisotopic (exact) mass is 708 g/mol. The summed E-state index contributed by atoms with van der Waals surface area (Å²) in [6.45, 7) is 16.2. The first kappa shape index (κ1) is 33.6. The van der Waals surface area contributed by atoms with E-state index in [2.05, 4.69) is 177 Å². The molecule has 0 spiro atoms. The minimum Gasteiger partial charge on any atom is -0.457 e. The third-order valence-electron chi connectivity index (χ3n) is 11.2. The molecule has 0 saturated carbocycles. The lowest BCUT2D eigenvalue weighted by atomic mass is 9.78. The Labute approximate surface area is 316 Å². The zero-order chi connectivity index (χ0) is 37.4. The maximum absolute atomic E-state index is 6.87. The second-order valence-corrected chi connectivity index (χ2v) is 16.0. The third-order valence-corrected chi connectivity index (χ3v) is 11.2. The maximum Gasteiger partial charge on any atom is 0.144 e. The fraction of sp³-hybridized carbons (Fsp3) is 0.213. The first-order valence-corrected chi connectivity index (χ1v) is 18.6. The van der Waals surface area contributed by atoms with Crippen molar-refractivity contribution in [1.29, 1.82) is 0 Å². The van der Waals surface area contributed by atoms with Gasteiger partial charge in [-0.25, -0.2) is 9.97 Å². The summed E-state index contributed by atoms with van der Waals surface area (Å²) in [5, 5.41) is 2.23. The van der Waals surface area contributed by atoms with E-state index in [0.717, 1.165) is 67.6 Å². The van der Waals surface area contributed by atoms with E-state index in [-0.39, 0.29) is 10.8 Å². The average molecular weight is 709 g/mol. The molecule has 7 heteroatoms. The molecule has 4 aromatic heterocycles. The molecule has 8 aromatic rings. The lowest BCUT2D eigenvalue weighted by Gasteiger charge is -2.34. The molecule has 1 aliphatic heterocycles. The summed E-state index contributed by atoms with van der Waals surface area (Å²) in [5.41, 5.74) is 10.9. The van der Waals surface area contributed by atoms with E-state index in [1.165, 1.54) is 22.4 Å². The zero-order valence-electron chi connectivity index (χ0n) is 31.9. The second kappa shape index (κ2) is 12.4. The Morgan fingerprint density at radius 1 is 0.667 bits per heavy atom. The largest absolute Gasteiger partial charge is 0.457 e. The SMILES string of the molecule is Cc1nc2n(c1C)CN(c1cc(Oc3ccc4c5ccncc5n(-c5cc(C(C)(C)c6ccccc6)ccn5)c4c3)cc(C(C)(C)C)c1)c1ccccc1-2. The predicted molar refractivity (Wildman–Crippen MR) is 219 cm³/mol. The van der Waals surface area contributed by atoms with Crippen LogP contribution in [-0.4, -0.2) is 24.1 Å². The summed E-state index contributed by atoms with van der Waals surface area (Å²) in [6, 6.07) is 38.6. The normalized spacial score (nSPS) is 13.0. The van der Waals surface area contributed by atoms with Crippen LogP contribution in [-0.2, 0) is 17.5 Å². The highest BCUT2D eigenvalue weighted by molar-refractivity contribution is 6.09. The number of hydrogen-bond donors (Lipinski definition) is 0. The van der Waals surface area contributed by atoms with Crippen LogP contribution in [0.5, 0.6) is 11.5 Å². The molecule has 0 amide bonds. The highest BCUT2D eigenvalue weighted by atomic mass is 16.5. The third kappa shape index (κ3) is 5.54. The lowest BCUT2D eigenvalue weighted by Crippen LogP contribution is -2.27. The molecule has 4 aromatic carbocycles. The van der Waals surface area contributed by atoms with Crippen LogP contribution in [0.2, 0.25) is 0 Å². The summed E-state index contributed by atoms with van der Waals surface area (Å²) in [4.78, 5) is 16.8. The quantitative estimate of drug-likeness (QED) is 0.172. The highest BCUT2D eigenvalue weighted by Crippen LogP contribution is 2.44. The number of rotatable bonds is 6. The Bertz CT molecular complexity index is 2710. The summed E-state index contributed by atoms with van der Waals surface area (Å²) in [5.74, 6) is 3.39. The Hall–Kier alpha value is -6.21. The van der Waals surface area contributed by atoms with Crippen molar-refractivity contribution < 1.29 is 4.74 Å². The van der Waals surface area contributed by atoms with Crippen LogP contribution in [0.3, 0.4) is 0 Å². The van der Waals surface area contributed by atoms with Crippen molar-refractivity contribution in [3.8, 4) is 28.7 Å². The number of hydrogen-bond acceptors (Lipinski definition) is 5. The van der Waals surface area contributed by atoms with Crippen molar-refractivity contribution in [2.24, 2.45) is 0 Å². The van der Waals surface area contributed by atoms with Gasteiger partial charge in [0, 0.05) is 57.7 Å². The van der Waals surface area contributed by atoms with E-state index in [4.69, 9.17) is 14.7 Å². The number of aryl methyl sites for hydroxylation is 1. The van der Waals surface area contributed by atoms with Crippen LogP contribution in [0.15, 0.2) is 128 Å². The van der Waals surface area contributed by atoms with Crippen molar-refractivity contribution in [2.75, 3.05) is 4.90 Å². The van der Waals surface area contributed by atoms with Gasteiger partial charge in [0.25, 0.3) is 0 Å². The van der Waals surface area contributed by atoms with Crippen LogP contribution in [0.4, 0.5) is 11.4 Å². The Morgan fingerprint density at radius 3 is 2.26 bits per heavy atom. The molecule has 54 heavy (non-hydrogen) atoms. The van der Waals surface area contributed by atoms with E-state index < -0.39 is 0 Å². The van der Waals surface area contributed by atoms with E-state index in [1.54, 1.807) is 0 Å². The standard InChI is InChI=1S/C47H44N6O/c1-30-31(2)51-29-52(41-16-12-11-15-40(41)45(51)50-30)35-23-34(46(3,4)5)24-37(26-35)54-36-17-18-38-39-20-21-48-28-43(39)53(42(38)27-36)44-25-33(19-22-49-44)47(6,7)32-13-9-8-10-14-32/h8-28H,29H2,1-7H3. The minimum atomic E-state index is -0.216. The van der Waals surface area contributed by atoms with Gasteiger partial charge in [0.15, 0.2) is 0 Å². The van der Waals surface area contributed by atoms with E-state index in [1.807, 2.05) is 18.6 Å². The van der Waals surface area contributed by atoms with Gasteiger partial charge >= 0.3 is 0 Å². The highest BCUT2D eigenvalue weighted by Gasteiger charge is 2.28. The summed E-state index contributed by atoms with van der Waals surface area (Å²) in [7, 11) is 0. The summed E-state index contributed by atoms with van der Waals surface area (Å²) >= 11 is 0. The molecule has 0 saturated heterocycles. The number of pyridine rings is 2. The van der Waals surface area contributed by atoms with Crippen molar-refractivity contribution in [3.63, 3.8) is 0 Å². The average Bonchev–Trinajstić information content (AvgIpc) is 3.66. The van der Waals surface area contributed by atoms with Gasteiger partial charge in [-0.2, -0.15) is 0 Å². The predicted octanol–water partition coefficient (Wildman–Crippen LogP) is 11.6. The number of aromatic nitrogens is 5. The molecule has 0 N–H and O–H groups in total. The van der Waals surface area contributed by atoms with E-state index >= 15 is 0 Å². The Balaban J connectivity index is 1.15. The fourth-order valence-electron chi connectivity index (χ4n) is 7.84. The lowest BCUT2D eigenvalue weighted by molar-refractivity contribution is 0.479. The molecular formula is C47H44N6O. The van der Waals surface area contributed by atoms with Crippen LogP contribution < -0.4 is 9.64 Å². The molecule has 0 bridgehead atoms.